The van der Waals surface area contributed by atoms with Crippen molar-refractivity contribution in [3.63, 3.8) is 0 Å². The smallest absolute Gasteiger partial charge is 0.324 e. The largest absolute Gasteiger partial charge is 0.330 e. The highest BCUT2D eigenvalue weighted by Gasteiger charge is 2.24. The van der Waals surface area contributed by atoms with Crippen LogP contribution in [0.4, 0.5) is 16.0 Å². The Kier molecular flexibility index (Phi) is 5.97. The monoisotopic (exact) mass is 539 g/mol. The second-order valence-electron chi connectivity index (χ2n) is 7.79. The number of piperidine rings is 1. The maximum Gasteiger partial charge on any atom is 0.330 e. The van der Waals surface area contributed by atoms with Crippen LogP contribution >= 0.6 is 21.0 Å². The van der Waals surface area contributed by atoms with Crippen LogP contribution in [0.2, 0.25) is 0 Å². The minimum Gasteiger partial charge on any atom is -0.324 e. The van der Waals surface area contributed by atoms with Crippen LogP contribution in [-0.4, -0.2) is 47.9 Å². The van der Waals surface area contributed by atoms with Gasteiger partial charge in [0.05, 0.1) is 32.8 Å². The molecule has 0 unspecified atom stereocenters. The van der Waals surface area contributed by atoms with E-state index in [2.05, 4.69) is 27.2 Å². The zero-order valence-corrected chi connectivity index (χ0v) is 19.6. The highest BCUT2D eigenvalue weighted by Crippen LogP contribution is 2.27. The molecule has 1 aliphatic rings. The van der Waals surface area contributed by atoms with Crippen molar-refractivity contribution in [3.8, 4) is 0 Å². The van der Waals surface area contributed by atoms with E-state index in [0.717, 1.165) is 25.9 Å². The fraction of sp³-hybridized carbons (Fsp3) is 0.400. The minimum absolute atomic E-state index is 0.0543. The quantitative estimate of drug-likeness (QED) is 0.380. The van der Waals surface area contributed by atoms with E-state index < -0.39 is 30.6 Å². The minimum atomic E-state index is -1.47. The van der Waals surface area contributed by atoms with Crippen molar-refractivity contribution < 1.29 is 9.18 Å². The number of likely N-dealkylation sites (tertiary alicyclic amines) is 1. The van der Waals surface area contributed by atoms with Crippen LogP contribution in [0.25, 0.3) is 11.2 Å². The summed E-state index contributed by atoms with van der Waals surface area (Å²) >= 11 is -1.47. The molecule has 0 saturated carbocycles. The van der Waals surface area contributed by atoms with Gasteiger partial charge in [-0.05, 0) is 57.6 Å². The van der Waals surface area contributed by atoms with Gasteiger partial charge in [0.2, 0.25) is 9.74 Å². The van der Waals surface area contributed by atoms with Crippen molar-refractivity contribution in [1.29, 1.82) is 3.56 Å². The van der Waals surface area contributed by atoms with Crippen molar-refractivity contribution in [1.82, 2.24) is 24.0 Å². The molecule has 4 rings (SSSR count). The lowest BCUT2D eigenvalue weighted by molar-refractivity contribution is 0.110. The third-order valence-electron chi connectivity index (χ3n) is 5.74. The van der Waals surface area contributed by atoms with E-state index in [9.17, 15) is 14.0 Å². The summed E-state index contributed by atoms with van der Waals surface area (Å²) in [5.74, 6) is -0.427. The number of rotatable bonds is 5. The molecule has 0 amide bonds. The summed E-state index contributed by atoms with van der Waals surface area (Å²) in [7, 11) is 3.77. The Morgan fingerprint density at radius 2 is 2.00 bits per heavy atom. The molecule has 0 aliphatic carbocycles. The number of anilines is 2. The molecular weight excluding hydrogens is 516 g/mol. The molecule has 0 spiro atoms. The van der Waals surface area contributed by atoms with E-state index in [0.29, 0.717) is 22.4 Å². The molecule has 3 heterocycles. The van der Waals surface area contributed by atoms with Gasteiger partial charge in [0, 0.05) is 18.8 Å². The van der Waals surface area contributed by atoms with Crippen molar-refractivity contribution in [2.75, 3.05) is 25.5 Å². The first-order valence-electron chi connectivity index (χ1n) is 9.84. The van der Waals surface area contributed by atoms with Crippen LogP contribution in [0, 0.1) is 16.3 Å². The van der Waals surface area contributed by atoms with Crippen LogP contribution in [0.5, 0.6) is 0 Å². The van der Waals surface area contributed by atoms with Gasteiger partial charge in [0.1, 0.15) is 11.3 Å². The third kappa shape index (κ3) is 4.03. The average Bonchev–Trinajstić information content (AvgIpc) is 3.00. The van der Waals surface area contributed by atoms with Crippen LogP contribution in [-0.2, 0) is 7.05 Å². The summed E-state index contributed by atoms with van der Waals surface area (Å²) in [6.07, 6.45) is 3.31. The van der Waals surface area contributed by atoms with Gasteiger partial charge in [-0.2, -0.15) is 4.98 Å². The number of nitrogens with zero attached hydrogens (tertiary/aromatic N) is 5. The topological polar surface area (TPSA) is 109 Å². The highest BCUT2D eigenvalue weighted by atomic mass is 127. The molecular formula is C20H23FIN7O2. The number of aryl methyl sites for hydroxylation is 2. The number of imidazole rings is 1. The highest BCUT2D eigenvalue weighted by molar-refractivity contribution is 14.2. The maximum atomic E-state index is 14.4. The standard InChI is InChI=1S/C20H23FIN7O2/c1-11-8-13(17(30)22-23)14(21)9-15(11)25-19-24-10-16-18(26-19)29(20(31)28(16)3)12-4-6-27(2)7-5-12/h8-10,12,23H,4-7H2,1-3H3,(H,24,25,26). The Morgan fingerprint density at radius 1 is 1.29 bits per heavy atom. The van der Waals surface area contributed by atoms with Gasteiger partial charge in [-0.3, -0.25) is 17.5 Å². The SMILES string of the molecule is Cc1cc(C(=O)I=N)c(F)cc1Nc1ncc2c(n1)n(C1CCN(C)CC1)c(=O)n2C. The van der Waals surface area contributed by atoms with E-state index in [1.807, 2.05) is 0 Å². The van der Waals surface area contributed by atoms with Gasteiger partial charge in [0.25, 0.3) is 0 Å². The fourth-order valence-electron chi connectivity index (χ4n) is 3.92. The van der Waals surface area contributed by atoms with Crippen molar-refractivity contribution in [2.24, 2.45) is 7.05 Å². The summed E-state index contributed by atoms with van der Waals surface area (Å²) in [5.41, 5.74) is 2.08. The Hall–Kier alpha value is -2.54. The van der Waals surface area contributed by atoms with Gasteiger partial charge < -0.3 is 10.2 Å². The lowest BCUT2D eigenvalue weighted by Gasteiger charge is -2.29. The van der Waals surface area contributed by atoms with E-state index in [-0.39, 0.29) is 23.2 Å². The van der Waals surface area contributed by atoms with E-state index >= 15 is 0 Å². The number of nitrogens with one attached hydrogen (secondary N) is 2. The molecule has 0 radical (unpaired) electrons. The Labute approximate surface area is 188 Å². The van der Waals surface area contributed by atoms with Crippen LogP contribution in [0.1, 0.15) is 34.8 Å². The second kappa shape index (κ2) is 8.54. The third-order valence-corrected chi connectivity index (χ3v) is 6.81. The zero-order valence-electron chi connectivity index (χ0n) is 17.4. The summed E-state index contributed by atoms with van der Waals surface area (Å²) in [4.78, 5) is 35.8. The predicted octanol–water partition coefficient (Wildman–Crippen LogP) is 3.46. The average molecular weight is 539 g/mol. The lowest BCUT2D eigenvalue weighted by Crippen LogP contribution is -2.35. The van der Waals surface area contributed by atoms with Gasteiger partial charge in [-0.1, -0.05) is 0 Å². The van der Waals surface area contributed by atoms with Gasteiger partial charge >= 0.3 is 5.69 Å². The maximum absolute atomic E-state index is 14.4. The van der Waals surface area contributed by atoms with E-state index in [1.54, 1.807) is 29.3 Å². The number of benzene rings is 1. The molecule has 11 heteroatoms. The molecule has 0 bridgehead atoms. The number of carbonyl (C=O) groups is 1. The van der Waals surface area contributed by atoms with Gasteiger partial charge in [-0.25, -0.2) is 14.2 Å². The molecule has 1 saturated heterocycles. The summed E-state index contributed by atoms with van der Waals surface area (Å²) in [6.45, 7) is 3.57. The molecule has 0 atom stereocenters. The number of halogens is 2. The van der Waals surface area contributed by atoms with Crippen LogP contribution < -0.4 is 11.0 Å². The molecule has 3 aromatic rings. The fourth-order valence-corrected chi connectivity index (χ4v) is 4.62. The molecule has 9 nitrogen and oxygen atoms in total. The molecule has 2 N–H and O–H groups in total. The van der Waals surface area contributed by atoms with Gasteiger partial charge in [0.15, 0.2) is 5.65 Å². The molecule has 164 valence electrons. The van der Waals surface area contributed by atoms with E-state index in [4.69, 9.17) is 3.56 Å². The normalized spacial score (nSPS) is 15.5. The Bertz CT molecular complexity index is 1240. The summed E-state index contributed by atoms with van der Waals surface area (Å²) in [6, 6.07) is 2.74. The molecule has 1 fully saturated rings. The number of hydrogen-bond donors (Lipinski definition) is 2. The van der Waals surface area contributed by atoms with Crippen LogP contribution in [0.3, 0.4) is 0 Å². The number of aromatic nitrogens is 4. The molecule has 1 aliphatic heterocycles. The molecule has 31 heavy (non-hydrogen) atoms. The Morgan fingerprint density at radius 3 is 2.68 bits per heavy atom. The second-order valence-corrected chi connectivity index (χ2v) is 9.31. The summed E-state index contributed by atoms with van der Waals surface area (Å²) < 4.78 is 24.5. The van der Waals surface area contributed by atoms with Crippen molar-refractivity contribution in [2.45, 2.75) is 25.8 Å². The first-order chi connectivity index (χ1) is 14.8. The van der Waals surface area contributed by atoms with Gasteiger partial charge in [-0.15, -0.1) is 0 Å². The number of fused-ring (bicyclic) bond motifs is 1. The lowest BCUT2D eigenvalue weighted by atomic mass is 10.1. The predicted molar refractivity (Wildman–Crippen MR) is 124 cm³/mol. The Balaban J connectivity index is 1.72. The van der Waals surface area contributed by atoms with Crippen molar-refractivity contribution >= 4 is 47.6 Å². The van der Waals surface area contributed by atoms with Crippen LogP contribution in [0.15, 0.2) is 23.1 Å². The zero-order chi connectivity index (χ0) is 22.3. The molecule has 2 aromatic heterocycles. The molecule has 1 aromatic carbocycles. The number of carbonyl (C=O) groups excluding carboxylic acids is 1. The van der Waals surface area contributed by atoms with E-state index in [1.165, 1.54) is 12.1 Å². The first kappa shape index (κ1) is 21.7. The first-order valence-corrected chi connectivity index (χ1v) is 12.0. The summed E-state index contributed by atoms with van der Waals surface area (Å²) in [5, 5.41) is 3.01. The number of hydrogen-bond acceptors (Lipinski definition) is 7. The van der Waals surface area contributed by atoms with Crippen molar-refractivity contribution in [3.05, 3.63) is 45.8 Å².